The van der Waals surface area contributed by atoms with Crippen LogP contribution >= 0.6 is 0 Å². The van der Waals surface area contributed by atoms with Gasteiger partial charge in [-0.15, -0.1) is 0 Å². The van der Waals surface area contributed by atoms with E-state index in [1.807, 2.05) is 0 Å². The summed E-state index contributed by atoms with van der Waals surface area (Å²) in [6, 6.07) is 9.02. The van der Waals surface area contributed by atoms with Crippen molar-refractivity contribution in [2.45, 2.75) is 45.4 Å². The van der Waals surface area contributed by atoms with Crippen molar-refractivity contribution in [1.29, 1.82) is 0 Å². The lowest BCUT2D eigenvalue weighted by Gasteiger charge is -2.25. The van der Waals surface area contributed by atoms with Crippen LogP contribution in [-0.4, -0.2) is 13.1 Å². The maximum atomic E-state index is 3.56. The van der Waals surface area contributed by atoms with E-state index in [0.717, 1.165) is 24.9 Å². The average molecular weight is 231 g/mol. The minimum Gasteiger partial charge on any atom is -0.316 e. The van der Waals surface area contributed by atoms with Crippen LogP contribution in [0.1, 0.15) is 50.2 Å². The normalized spacial score (nSPS) is 19.4. The smallest absolute Gasteiger partial charge is 0.00258 e. The van der Waals surface area contributed by atoms with E-state index in [4.69, 9.17) is 0 Å². The molecule has 0 heterocycles. The van der Waals surface area contributed by atoms with Crippen LogP contribution < -0.4 is 5.32 Å². The number of hydrogen-bond donors (Lipinski definition) is 1. The van der Waals surface area contributed by atoms with Gasteiger partial charge in [0.15, 0.2) is 0 Å². The molecule has 1 atom stereocenters. The molecule has 0 radical (unpaired) electrons. The molecule has 0 aromatic heterocycles. The van der Waals surface area contributed by atoms with Crippen LogP contribution in [0.2, 0.25) is 0 Å². The summed E-state index contributed by atoms with van der Waals surface area (Å²) in [4.78, 5) is 0. The Balaban J connectivity index is 1.86. The largest absolute Gasteiger partial charge is 0.316 e. The summed E-state index contributed by atoms with van der Waals surface area (Å²) in [5.41, 5.74) is 3.21. The topological polar surface area (TPSA) is 12.0 Å². The van der Waals surface area contributed by atoms with Crippen molar-refractivity contribution in [3.8, 4) is 0 Å². The molecule has 1 aromatic carbocycles. The minimum atomic E-state index is 0.758. The maximum Gasteiger partial charge on any atom is -0.00258 e. The molecule has 0 saturated heterocycles. The number of benzene rings is 1. The highest BCUT2D eigenvalue weighted by Gasteiger charge is 2.18. The molecule has 1 aromatic rings. The van der Waals surface area contributed by atoms with Gasteiger partial charge in [0.2, 0.25) is 0 Å². The molecule has 0 spiro atoms. The molecule has 94 valence electrons. The van der Waals surface area contributed by atoms with Crippen molar-refractivity contribution in [3.63, 3.8) is 0 Å². The van der Waals surface area contributed by atoms with Gasteiger partial charge in [-0.25, -0.2) is 0 Å². The van der Waals surface area contributed by atoms with Gasteiger partial charge in [0.1, 0.15) is 0 Å². The van der Waals surface area contributed by atoms with Crippen molar-refractivity contribution in [1.82, 2.24) is 5.32 Å². The summed E-state index contributed by atoms with van der Waals surface area (Å²) >= 11 is 0. The summed E-state index contributed by atoms with van der Waals surface area (Å²) in [6.07, 6.45) is 5.32. The third-order valence-corrected chi connectivity index (χ3v) is 3.72. The molecule has 1 aliphatic rings. The molecule has 0 aliphatic heterocycles. The Labute approximate surface area is 106 Å². The molecule has 0 bridgehead atoms. The molecule has 1 N–H and O–H groups in total. The van der Waals surface area contributed by atoms with Crippen LogP contribution in [0.4, 0.5) is 0 Å². The highest BCUT2D eigenvalue weighted by Crippen LogP contribution is 2.33. The SMILES string of the molecule is CC(C)CNCCC1CCCc2ccccc21. The molecule has 17 heavy (non-hydrogen) atoms. The molecule has 2 rings (SSSR count). The van der Waals surface area contributed by atoms with Gasteiger partial charge in [-0.2, -0.15) is 0 Å². The first kappa shape index (κ1) is 12.6. The molecule has 1 unspecified atom stereocenters. The number of hydrogen-bond acceptors (Lipinski definition) is 1. The Kier molecular flexibility index (Phi) is 4.61. The van der Waals surface area contributed by atoms with Gasteiger partial charge >= 0.3 is 0 Å². The molecular formula is C16H25N. The van der Waals surface area contributed by atoms with Crippen LogP contribution in [0.25, 0.3) is 0 Å². The minimum absolute atomic E-state index is 0.758. The fourth-order valence-electron chi connectivity index (χ4n) is 2.82. The predicted molar refractivity (Wildman–Crippen MR) is 74.4 cm³/mol. The zero-order valence-corrected chi connectivity index (χ0v) is 11.2. The second kappa shape index (κ2) is 6.20. The lowest BCUT2D eigenvalue weighted by molar-refractivity contribution is 0.477. The Morgan fingerprint density at radius 1 is 1.29 bits per heavy atom. The Hall–Kier alpha value is -0.820. The van der Waals surface area contributed by atoms with E-state index in [1.54, 1.807) is 11.1 Å². The highest BCUT2D eigenvalue weighted by molar-refractivity contribution is 5.32. The quantitative estimate of drug-likeness (QED) is 0.761. The number of fused-ring (bicyclic) bond motifs is 1. The predicted octanol–water partition coefficient (Wildman–Crippen LogP) is 3.74. The van der Waals surface area contributed by atoms with Gasteiger partial charge in [0.25, 0.3) is 0 Å². The first-order valence-corrected chi connectivity index (χ1v) is 7.06. The van der Waals surface area contributed by atoms with Crippen LogP contribution in [0.15, 0.2) is 24.3 Å². The van der Waals surface area contributed by atoms with E-state index >= 15 is 0 Å². The summed E-state index contributed by atoms with van der Waals surface area (Å²) in [5, 5.41) is 3.56. The Morgan fingerprint density at radius 2 is 2.12 bits per heavy atom. The van der Waals surface area contributed by atoms with Gasteiger partial charge < -0.3 is 5.32 Å². The maximum absolute atomic E-state index is 3.56. The second-order valence-electron chi connectivity index (χ2n) is 5.67. The summed E-state index contributed by atoms with van der Waals surface area (Å²) < 4.78 is 0. The van der Waals surface area contributed by atoms with E-state index in [-0.39, 0.29) is 0 Å². The van der Waals surface area contributed by atoms with Crippen LogP contribution in [0, 0.1) is 5.92 Å². The van der Waals surface area contributed by atoms with Gasteiger partial charge in [-0.05, 0) is 61.7 Å². The van der Waals surface area contributed by atoms with Gasteiger partial charge in [0, 0.05) is 0 Å². The monoisotopic (exact) mass is 231 g/mol. The van der Waals surface area contributed by atoms with Gasteiger partial charge in [-0.3, -0.25) is 0 Å². The first-order chi connectivity index (χ1) is 8.27. The van der Waals surface area contributed by atoms with E-state index in [9.17, 15) is 0 Å². The number of aryl methyl sites for hydroxylation is 1. The Morgan fingerprint density at radius 3 is 2.94 bits per heavy atom. The highest BCUT2D eigenvalue weighted by atomic mass is 14.8. The summed E-state index contributed by atoms with van der Waals surface area (Å²) in [6.45, 7) is 6.84. The van der Waals surface area contributed by atoms with Crippen molar-refractivity contribution in [3.05, 3.63) is 35.4 Å². The standard InChI is InChI=1S/C16H25N/c1-13(2)12-17-11-10-15-8-5-7-14-6-3-4-9-16(14)15/h3-4,6,9,13,15,17H,5,7-8,10-12H2,1-2H3. The third-order valence-electron chi connectivity index (χ3n) is 3.72. The summed E-state index contributed by atoms with van der Waals surface area (Å²) in [5.74, 6) is 1.55. The molecule has 0 amide bonds. The lowest BCUT2D eigenvalue weighted by Crippen LogP contribution is -2.23. The third kappa shape index (κ3) is 3.57. The second-order valence-corrected chi connectivity index (χ2v) is 5.67. The molecule has 1 nitrogen and oxygen atoms in total. The average Bonchev–Trinajstić information content (AvgIpc) is 2.34. The van der Waals surface area contributed by atoms with Crippen LogP contribution in [0.3, 0.4) is 0 Å². The van der Waals surface area contributed by atoms with E-state index in [1.165, 1.54) is 25.7 Å². The van der Waals surface area contributed by atoms with E-state index in [2.05, 4.69) is 43.4 Å². The molecular weight excluding hydrogens is 206 g/mol. The van der Waals surface area contributed by atoms with E-state index in [0.29, 0.717) is 0 Å². The first-order valence-electron chi connectivity index (χ1n) is 7.06. The number of rotatable bonds is 5. The van der Waals surface area contributed by atoms with Crippen molar-refractivity contribution >= 4 is 0 Å². The lowest BCUT2D eigenvalue weighted by atomic mass is 9.81. The molecule has 1 heteroatoms. The van der Waals surface area contributed by atoms with Crippen LogP contribution in [-0.2, 0) is 6.42 Å². The van der Waals surface area contributed by atoms with Crippen LogP contribution in [0.5, 0.6) is 0 Å². The van der Waals surface area contributed by atoms with Gasteiger partial charge in [0.05, 0.1) is 0 Å². The molecule has 1 aliphatic carbocycles. The van der Waals surface area contributed by atoms with Gasteiger partial charge in [-0.1, -0.05) is 38.1 Å². The van der Waals surface area contributed by atoms with Crippen molar-refractivity contribution in [2.24, 2.45) is 5.92 Å². The number of nitrogens with one attached hydrogen (secondary N) is 1. The zero-order valence-electron chi connectivity index (χ0n) is 11.2. The Bertz CT molecular complexity index is 343. The summed E-state index contributed by atoms with van der Waals surface area (Å²) in [7, 11) is 0. The zero-order chi connectivity index (χ0) is 12.1. The van der Waals surface area contributed by atoms with Crippen molar-refractivity contribution in [2.75, 3.05) is 13.1 Å². The fraction of sp³-hybridized carbons (Fsp3) is 0.625. The molecule has 0 fully saturated rings. The molecule has 0 saturated carbocycles. The van der Waals surface area contributed by atoms with E-state index < -0.39 is 0 Å². The fourth-order valence-corrected chi connectivity index (χ4v) is 2.82. The van der Waals surface area contributed by atoms with Crippen molar-refractivity contribution < 1.29 is 0 Å².